The fourth-order valence-electron chi connectivity index (χ4n) is 3.03. The van der Waals surface area contributed by atoms with Crippen molar-refractivity contribution in [2.45, 2.75) is 11.7 Å². The van der Waals surface area contributed by atoms with Gasteiger partial charge in [-0.15, -0.1) is 0 Å². The molecule has 140 valence electrons. The van der Waals surface area contributed by atoms with E-state index in [0.29, 0.717) is 19.6 Å². The molecule has 1 aromatic heterocycles. The first-order valence-electron chi connectivity index (χ1n) is 8.58. The molecule has 3 rings (SSSR count). The van der Waals surface area contributed by atoms with Gasteiger partial charge in [-0.1, -0.05) is 17.8 Å². The number of nitrogens with one attached hydrogen (secondary N) is 1. The van der Waals surface area contributed by atoms with Crippen molar-refractivity contribution in [3.63, 3.8) is 0 Å². The fourth-order valence-corrected chi connectivity index (χ4v) is 3.58. The van der Waals surface area contributed by atoms with E-state index in [1.165, 1.54) is 0 Å². The van der Waals surface area contributed by atoms with Gasteiger partial charge in [-0.05, 0) is 18.4 Å². The van der Waals surface area contributed by atoms with Gasteiger partial charge in [0.15, 0.2) is 5.16 Å². The third-order valence-electron chi connectivity index (χ3n) is 4.63. The number of amides is 2. The standard InChI is InChI=1S/C18H25N5O2S/c1-21-15(13-20-18(21)26-3)12-19-17(24)23-9-7-22(8-10-23)14-5-4-6-16(11-14)25-2/h4-6,11,13H,7-10,12H2,1-3H3,(H,19,24). The Morgan fingerprint density at radius 2 is 2.08 bits per heavy atom. The number of nitrogens with zero attached hydrogens (tertiary/aromatic N) is 4. The minimum absolute atomic E-state index is 0.0257. The van der Waals surface area contributed by atoms with Crippen LogP contribution in [0.1, 0.15) is 5.69 Å². The fraction of sp³-hybridized carbons (Fsp3) is 0.444. The van der Waals surface area contributed by atoms with Crippen LogP contribution < -0.4 is 15.0 Å². The van der Waals surface area contributed by atoms with E-state index >= 15 is 0 Å². The Bertz CT molecular complexity index is 756. The molecular formula is C18H25N5O2S. The largest absolute Gasteiger partial charge is 0.497 e. The van der Waals surface area contributed by atoms with Crippen molar-refractivity contribution in [3.8, 4) is 5.75 Å². The predicted octanol–water partition coefficient (Wildman–Crippen LogP) is 2.18. The number of carbonyl (C=O) groups is 1. The van der Waals surface area contributed by atoms with E-state index in [2.05, 4.69) is 21.3 Å². The van der Waals surface area contributed by atoms with Crippen LogP contribution in [0.2, 0.25) is 0 Å². The summed E-state index contributed by atoms with van der Waals surface area (Å²) in [7, 11) is 3.64. The molecule has 1 N–H and O–H groups in total. The van der Waals surface area contributed by atoms with E-state index in [0.717, 1.165) is 35.4 Å². The number of benzene rings is 1. The summed E-state index contributed by atoms with van der Waals surface area (Å²) in [5, 5.41) is 3.94. The van der Waals surface area contributed by atoms with Gasteiger partial charge >= 0.3 is 6.03 Å². The number of aromatic nitrogens is 2. The monoisotopic (exact) mass is 375 g/mol. The minimum atomic E-state index is -0.0257. The van der Waals surface area contributed by atoms with Gasteiger partial charge < -0.3 is 24.4 Å². The van der Waals surface area contributed by atoms with Gasteiger partial charge in [0.2, 0.25) is 0 Å². The number of methoxy groups -OCH3 is 1. The number of hydrogen-bond acceptors (Lipinski definition) is 5. The van der Waals surface area contributed by atoms with Crippen LogP contribution in [0.15, 0.2) is 35.6 Å². The van der Waals surface area contributed by atoms with Crippen molar-refractivity contribution in [1.29, 1.82) is 0 Å². The first-order chi connectivity index (χ1) is 12.6. The van der Waals surface area contributed by atoms with Gasteiger partial charge in [-0.3, -0.25) is 0 Å². The number of imidazole rings is 1. The van der Waals surface area contributed by atoms with Crippen molar-refractivity contribution in [2.24, 2.45) is 7.05 Å². The Balaban J connectivity index is 1.51. The zero-order valence-corrected chi connectivity index (χ0v) is 16.3. The Morgan fingerprint density at radius 3 is 2.73 bits per heavy atom. The molecule has 1 aromatic carbocycles. The molecule has 7 nitrogen and oxygen atoms in total. The number of piperazine rings is 1. The lowest BCUT2D eigenvalue weighted by atomic mass is 10.2. The average molecular weight is 375 g/mol. The number of ether oxygens (including phenoxy) is 1. The number of hydrogen-bond donors (Lipinski definition) is 1. The number of thioether (sulfide) groups is 1. The molecule has 1 aliphatic heterocycles. The number of anilines is 1. The number of rotatable bonds is 5. The summed E-state index contributed by atoms with van der Waals surface area (Å²) in [5.41, 5.74) is 2.13. The first-order valence-corrected chi connectivity index (χ1v) is 9.81. The molecule has 26 heavy (non-hydrogen) atoms. The summed E-state index contributed by atoms with van der Waals surface area (Å²) >= 11 is 1.59. The normalized spacial score (nSPS) is 14.4. The van der Waals surface area contributed by atoms with Gasteiger partial charge in [-0.2, -0.15) is 0 Å². The Kier molecular flexibility index (Phi) is 5.92. The molecule has 2 heterocycles. The van der Waals surface area contributed by atoms with Gasteiger partial charge in [-0.25, -0.2) is 9.78 Å². The topological polar surface area (TPSA) is 62.6 Å². The minimum Gasteiger partial charge on any atom is -0.497 e. The van der Waals surface area contributed by atoms with Crippen molar-refractivity contribution in [3.05, 3.63) is 36.2 Å². The Hall–Kier alpha value is -2.35. The highest BCUT2D eigenvalue weighted by atomic mass is 32.2. The number of urea groups is 1. The van der Waals surface area contributed by atoms with Crippen LogP contribution in [0.25, 0.3) is 0 Å². The van der Waals surface area contributed by atoms with E-state index in [1.807, 2.05) is 47.2 Å². The lowest BCUT2D eigenvalue weighted by Gasteiger charge is -2.36. The molecule has 0 spiro atoms. The molecule has 0 radical (unpaired) electrons. The molecule has 1 fully saturated rings. The van der Waals surface area contributed by atoms with Crippen LogP contribution in [0, 0.1) is 0 Å². The van der Waals surface area contributed by atoms with Gasteiger partial charge in [0.1, 0.15) is 5.75 Å². The summed E-state index contributed by atoms with van der Waals surface area (Å²) in [4.78, 5) is 20.9. The van der Waals surface area contributed by atoms with E-state index in [1.54, 1.807) is 18.9 Å². The average Bonchev–Trinajstić information content (AvgIpc) is 3.06. The molecule has 0 saturated carbocycles. The van der Waals surface area contributed by atoms with E-state index < -0.39 is 0 Å². The maximum absolute atomic E-state index is 12.4. The Labute approximate surface area is 158 Å². The molecule has 0 bridgehead atoms. The van der Waals surface area contributed by atoms with Crippen molar-refractivity contribution < 1.29 is 9.53 Å². The van der Waals surface area contributed by atoms with Crippen LogP contribution in [-0.2, 0) is 13.6 Å². The lowest BCUT2D eigenvalue weighted by Crippen LogP contribution is -2.51. The highest BCUT2D eigenvalue weighted by molar-refractivity contribution is 7.98. The molecule has 2 amide bonds. The zero-order chi connectivity index (χ0) is 18.5. The molecule has 0 unspecified atom stereocenters. The molecule has 1 aliphatic rings. The molecule has 0 aliphatic carbocycles. The van der Waals surface area contributed by atoms with E-state index in [9.17, 15) is 4.79 Å². The SMILES string of the molecule is COc1cccc(N2CCN(C(=O)NCc3cnc(SC)n3C)CC2)c1. The zero-order valence-electron chi connectivity index (χ0n) is 15.4. The van der Waals surface area contributed by atoms with Gasteiger partial charge in [0, 0.05) is 45.0 Å². The summed E-state index contributed by atoms with van der Waals surface area (Å²) in [6.45, 7) is 3.50. The van der Waals surface area contributed by atoms with E-state index in [4.69, 9.17) is 4.74 Å². The lowest BCUT2D eigenvalue weighted by molar-refractivity contribution is 0.193. The summed E-state index contributed by atoms with van der Waals surface area (Å²) < 4.78 is 7.29. The summed E-state index contributed by atoms with van der Waals surface area (Å²) in [6, 6.07) is 8.01. The first kappa shape index (κ1) is 18.4. The van der Waals surface area contributed by atoms with E-state index in [-0.39, 0.29) is 6.03 Å². The van der Waals surface area contributed by atoms with Crippen molar-refractivity contribution in [1.82, 2.24) is 19.8 Å². The summed E-state index contributed by atoms with van der Waals surface area (Å²) in [6.07, 6.45) is 3.80. The second-order valence-electron chi connectivity index (χ2n) is 6.13. The third-order valence-corrected chi connectivity index (χ3v) is 5.37. The third kappa shape index (κ3) is 4.07. The van der Waals surface area contributed by atoms with Crippen molar-refractivity contribution >= 4 is 23.5 Å². The van der Waals surface area contributed by atoms with Gasteiger partial charge in [0.25, 0.3) is 0 Å². The smallest absolute Gasteiger partial charge is 0.317 e. The molecule has 8 heteroatoms. The van der Waals surface area contributed by atoms with Crippen LogP contribution in [0.3, 0.4) is 0 Å². The van der Waals surface area contributed by atoms with Crippen LogP contribution >= 0.6 is 11.8 Å². The highest BCUT2D eigenvalue weighted by Gasteiger charge is 2.21. The molecule has 1 saturated heterocycles. The summed E-state index contributed by atoms with van der Waals surface area (Å²) in [5.74, 6) is 0.850. The van der Waals surface area contributed by atoms with Crippen LogP contribution in [0.5, 0.6) is 5.75 Å². The van der Waals surface area contributed by atoms with Crippen LogP contribution in [-0.4, -0.2) is 60.0 Å². The predicted molar refractivity (Wildman–Crippen MR) is 104 cm³/mol. The van der Waals surface area contributed by atoms with Crippen LogP contribution in [0.4, 0.5) is 10.5 Å². The second-order valence-corrected chi connectivity index (χ2v) is 6.90. The quantitative estimate of drug-likeness (QED) is 0.812. The Morgan fingerprint density at radius 1 is 1.31 bits per heavy atom. The molecule has 2 aromatic rings. The number of carbonyl (C=O) groups excluding carboxylic acids is 1. The maximum atomic E-state index is 12.4. The molecular weight excluding hydrogens is 350 g/mol. The van der Waals surface area contributed by atoms with Crippen molar-refractivity contribution in [2.75, 3.05) is 44.4 Å². The highest BCUT2D eigenvalue weighted by Crippen LogP contribution is 2.22. The maximum Gasteiger partial charge on any atom is 0.317 e. The van der Waals surface area contributed by atoms with Gasteiger partial charge in [0.05, 0.1) is 25.5 Å². The molecule has 0 atom stereocenters. The second kappa shape index (κ2) is 8.35.